The number of carbonyl (C=O) groups excluding carboxylic acids is 5. The lowest BCUT2D eigenvalue weighted by molar-refractivity contribution is -0.189. The van der Waals surface area contributed by atoms with Gasteiger partial charge in [0.2, 0.25) is 55.9 Å². The fraction of sp³-hybridized carbons (Fsp3) is 0.595. The molecular weight excluding hydrogens is 1570 g/mol. The molecule has 5 unspecified atom stereocenters. The van der Waals surface area contributed by atoms with Crippen LogP contribution in [0.3, 0.4) is 0 Å². The van der Waals surface area contributed by atoms with Crippen LogP contribution in [0.25, 0.3) is 0 Å². The van der Waals surface area contributed by atoms with Gasteiger partial charge >= 0.3 is 6.18 Å². The highest BCUT2D eigenvalue weighted by atomic mass is 31.0. The maximum atomic E-state index is 13.2. The van der Waals surface area contributed by atoms with E-state index < -0.39 is 29.6 Å². The Labute approximate surface area is 665 Å². The third-order valence-corrected chi connectivity index (χ3v) is 23.9. The minimum absolute atomic E-state index is 0. The van der Waals surface area contributed by atoms with Crippen molar-refractivity contribution in [3.8, 4) is 28.7 Å². The number of ether oxygens (including phenoxy) is 1. The lowest BCUT2D eigenvalue weighted by Crippen LogP contribution is -2.67. The third-order valence-electron chi connectivity index (χ3n) is 22.7. The molecule has 10 aliphatic heterocycles. The second-order valence-corrected chi connectivity index (χ2v) is 32.5. The Morgan fingerprint density at radius 3 is 1.12 bits per heavy atom. The van der Waals surface area contributed by atoms with Crippen molar-refractivity contribution in [2.45, 2.75) is 221 Å². The molecule has 0 radical (unpaired) electrons. The number of rotatable bonds is 10. The zero-order chi connectivity index (χ0) is 81.2. The fourth-order valence-electron chi connectivity index (χ4n) is 17.5. The summed E-state index contributed by atoms with van der Waals surface area (Å²) in [6, 6.07) is 7.58. The number of pyridine rings is 5. The van der Waals surface area contributed by atoms with Crippen molar-refractivity contribution < 1.29 is 64.5 Å². The van der Waals surface area contributed by atoms with Crippen LogP contribution in [-0.4, -0.2) is 191 Å². The molecular formula is C74H105F3N15O16P5. The predicted octanol–water partition coefficient (Wildman–Crippen LogP) is 7.55. The quantitative estimate of drug-likeness (QED) is 0.122. The second-order valence-electron chi connectivity index (χ2n) is 31.3. The van der Waals surface area contributed by atoms with E-state index in [2.05, 4.69) is 91.9 Å². The minimum Gasteiger partial charge on any atom is -0.474 e. The first-order chi connectivity index (χ1) is 53.2. The lowest BCUT2D eigenvalue weighted by Gasteiger charge is -2.52. The van der Waals surface area contributed by atoms with E-state index in [9.17, 15) is 61.1 Å². The van der Waals surface area contributed by atoms with E-state index in [0.29, 0.717) is 54.7 Å². The van der Waals surface area contributed by atoms with Crippen molar-refractivity contribution >= 4 is 76.9 Å². The van der Waals surface area contributed by atoms with Gasteiger partial charge in [0, 0.05) is 124 Å². The molecule has 11 aliphatic rings. The average molecular weight is 1670 g/mol. The van der Waals surface area contributed by atoms with Crippen molar-refractivity contribution in [1.29, 1.82) is 0 Å². The van der Waals surface area contributed by atoms with Crippen LogP contribution in [0, 0.1) is 17.3 Å². The number of fused-ring (bicyclic) bond motifs is 10. The van der Waals surface area contributed by atoms with E-state index in [1.165, 1.54) is 58.9 Å². The number of carbonyl (C=O) groups is 5. The Balaban J connectivity index is 0.000000139. The van der Waals surface area contributed by atoms with Crippen molar-refractivity contribution in [2.24, 2.45) is 17.3 Å². The molecule has 39 heteroatoms. The molecule has 1 spiro atoms. The first-order valence-corrected chi connectivity index (χ1v) is 40.3. The van der Waals surface area contributed by atoms with Crippen LogP contribution in [0.4, 0.5) is 13.2 Å². The van der Waals surface area contributed by atoms with E-state index in [-0.39, 0.29) is 167 Å². The summed E-state index contributed by atoms with van der Waals surface area (Å²) >= 11 is 0. The molecule has 1 saturated carbocycles. The zero-order valence-corrected chi connectivity index (χ0v) is 70.5. The highest BCUT2D eigenvalue weighted by molar-refractivity contribution is 7.11. The average Bonchev–Trinajstić information content (AvgIpc) is 1.68. The smallest absolute Gasteiger partial charge is 0.392 e. The first kappa shape index (κ1) is 85.9. The Bertz CT molecular complexity index is 4640. The lowest BCUT2D eigenvalue weighted by atomic mass is 9.89. The van der Waals surface area contributed by atoms with Crippen LogP contribution in [0.5, 0.6) is 28.7 Å². The van der Waals surface area contributed by atoms with Crippen LogP contribution in [0.15, 0.2) is 85.3 Å². The molecule has 1 aliphatic carbocycles. The summed E-state index contributed by atoms with van der Waals surface area (Å²) in [6.45, 7) is 26.1. The summed E-state index contributed by atoms with van der Waals surface area (Å²) in [5, 5.41) is 10.3. The number of piperidine rings is 4. The Kier molecular flexibility index (Phi) is 26.2. The van der Waals surface area contributed by atoms with E-state index >= 15 is 0 Å². The molecule has 6 fully saturated rings. The monoisotopic (exact) mass is 1670 g/mol. The van der Waals surface area contributed by atoms with E-state index in [4.69, 9.17) is 27.4 Å². The Morgan fingerprint density at radius 1 is 0.407 bits per heavy atom. The third kappa shape index (κ3) is 15.9. The molecule has 0 N–H and O–H groups in total. The highest BCUT2D eigenvalue weighted by Crippen LogP contribution is 2.56. The van der Waals surface area contributed by atoms with Crippen LogP contribution in [0.1, 0.15) is 207 Å². The summed E-state index contributed by atoms with van der Waals surface area (Å²) in [5.41, 5.74) is 0.146. The standard InChI is InChI=1S/C16H22N3O3P.C15H19F3N3O3P.C15H22N3O3P.C14H20N3O3P.C13H18N3O4P.CH4/c1-10(2)19-12-9-16(4-5-16)6-8-17(12)15(21)13-14(22-23)11(20)3-7-18(13)19;1-8(2)21-11-7-9(15(16,17)18)3-5-19(11)14(23)12-13(24-25)10(22)4-6-20(12)21;1-9(2)18-12-5-4-10(3)8-16(12)15(20)13-14(21-22)11(19)6-7-17(13)18;1-9(2)17-11-5-3-4-7-15(11)14(19)12-13(20-21)10(18)6-8-16(12)17;1-8(2)16-10-7-19-6-5-14(10)13(18)11-12(20-21)9(17)3-4-15(11)16;/h3,7,10,12H,4-6,8-9,23H2,1-2H3;4,6,8-9,11H,3,5,7,25H2,1-2H3;6-7,9-10,12H,4-5,8,22H2,1-3H3;6,8-9,11H,3-5,7,21H2,1-2H3;3-4,8,10H,5-7,21H2,1-2H3;1H4/t12-;9-,11+;10-,12-;11-;10-;/m10111./s1. The largest absolute Gasteiger partial charge is 0.474 e. The first-order valence-electron chi connectivity index (χ1n) is 38.0. The van der Waals surface area contributed by atoms with Crippen LogP contribution in [0.2, 0.25) is 0 Å². The molecule has 113 heavy (non-hydrogen) atoms. The topological polar surface area (TPSA) is 283 Å². The fourth-order valence-corrected chi connectivity index (χ4v) is 18.6. The van der Waals surface area contributed by atoms with Gasteiger partial charge in [-0.2, -0.15) is 13.2 Å². The molecule has 15 heterocycles. The van der Waals surface area contributed by atoms with Gasteiger partial charge in [0.15, 0.2) is 28.5 Å². The molecule has 0 aromatic carbocycles. The highest BCUT2D eigenvalue weighted by Gasteiger charge is 2.55. The second kappa shape index (κ2) is 34.4. The molecule has 5 saturated heterocycles. The van der Waals surface area contributed by atoms with Gasteiger partial charge in [-0.25, -0.2) is 0 Å². The summed E-state index contributed by atoms with van der Waals surface area (Å²) in [7, 11) is 10.2. The summed E-state index contributed by atoms with van der Waals surface area (Å²) in [4.78, 5) is 133. The molecule has 0 bridgehead atoms. The van der Waals surface area contributed by atoms with Gasteiger partial charge in [-0.15, -0.1) is 0 Å². The maximum Gasteiger partial charge on any atom is 0.392 e. The Morgan fingerprint density at radius 2 is 0.743 bits per heavy atom. The van der Waals surface area contributed by atoms with E-state index in [1.807, 2.05) is 71.0 Å². The van der Waals surface area contributed by atoms with Gasteiger partial charge in [0.25, 0.3) is 29.5 Å². The van der Waals surface area contributed by atoms with Gasteiger partial charge in [0.1, 0.15) is 30.8 Å². The maximum absolute atomic E-state index is 13.2. The van der Waals surface area contributed by atoms with Gasteiger partial charge in [-0.3, -0.25) is 96.4 Å². The molecule has 5 aromatic heterocycles. The SMILES string of the molecule is C.CC(C)N1[C@@H]2CC3(CCN2C(=O)c2c(OP)c(=O)ccn21)CC3.CC(C)N1[C@@H]2CCCCN2C(=O)c2c(OP)c(=O)ccn21.CC(C)N1[C@@H]2CC[C@@H](C)CN2C(=O)c2c(OP)c(=O)ccn21.CC(C)N1[C@@H]2COCCN2C(=O)c2c(OP)c(=O)ccn21.CC(C)N1[C@@H]2C[C@@H](C(F)(F)F)CCN2C(=O)c2c(OP)c(=O)ccn21. The Hall–Kier alpha value is -8.00. The molecule has 31 nitrogen and oxygen atoms in total. The van der Waals surface area contributed by atoms with Crippen molar-refractivity contribution in [3.63, 3.8) is 0 Å². The normalized spacial score (nSPS) is 22.9. The number of hydrogen-bond donors (Lipinski definition) is 0. The van der Waals surface area contributed by atoms with Crippen LogP contribution >= 0.6 is 47.3 Å². The van der Waals surface area contributed by atoms with Crippen LogP contribution < -0.4 is 74.8 Å². The number of hydrogen-bond acceptors (Lipinski definition) is 21. The van der Waals surface area contributed by atoms with Gasteiger partial charge in [0.05, 0.1) is 66.5 Å². The van der Waals surface area contributed by atoms with Gasteiger partial charge in [-0.05, 0) is 151 Å². The number of amides is 5. The number of halogens is 3. The predicted molar refractivity (Wildman–Crippen MR) is 436 cm³/mol. The van der Waals surface area contributed by atoms with Crippen molar-refractivity contribution in [3.05, 3.63) is 141 Å². The minimum atomic E-state index is -4.30. The summed E-state index contributed by atoms with van der Waals surface area (Å²) in [6.07, 6.45) is 12.4. The molecule has 12 atom stereocenters. The number of nitrogens with zero attached hydrogens (tertiary/aromatic N) is 15. The van der Waals surface area contributed by atoms with E-state index in [0.717, 1.165) is 58.0 Å². The number of morpholine rings is 1. The molecule has 5 amide bonds. The van der Waals surface area contributed by atoms with Gasteiger partial charge < -0.3 is 51.9 Å². The molecule has 618 valence electrons. The zero-order valence-electron chi connectivity index (χ0n) is 64.7. The van der Waals surface area contributed by atoms with Gasteiger partial charge in [-0.1, -0.05) is 14.4 Å². The van der Waals surface area contributed by atoms with E-state index in [1.54, 1.807) is 48.7 Å². The summed E-state index contributed by atoms with van der Waals surface area (Å²) < 4.78 is 79.3. The number of alkyl halides is 3. The summed E-state index contributed by atoms with van der Waals surface area (Å²) in [5.74, 6) is -1.78. The molecule has 16 rings (SSSR count). The number of aromatic nitrogens is 5. The van der Waals surface area contributed by atoms with Crippen LogP contribution in [-0.2, 0) is 4.74 Å². The van der Waals surface area contributed by atoms with Crippen molar-refractivity contribution in [1.82, 2.24) is 47.9 Å². The van der Waals surface area contributed by atoms with Crippen molar-refractivity contribution in [2.75, 3.05) is 71.0 Å². The molecule has 5 aromatic rings.